The highest BCUT2D eigenvalue weighted by atomic mass is 35.5. The van der Waals surface area contributed by atoms with Gasteiger partial charge >= 0.3 is 0 Å². The summed E-state index contributed by atoms with van der Waals surface area (Å²) >= 11 is 11.7. The zero-order valence-corrected chi connectivity index (χ0v) is 10.6. The zero-order valence-electron chi connectivity index (χ0n) is 9.08. The summed E-state index contributed by atoms with van der Waals surface area (Å²) in [6, 6.07) is 8.10. The highest BCUT2D eigenvalue weighted by Gasteiger charge is 2.16. The van der Waals surface area contributed by atoms with Gasteiger partial charge < -0.3 is 5.73 Å². The van der Waals surface area contributed by atoms with Crippen molar-refractivity contribution in [1.82, 2.24) is 0 Å². The molecule has 18 heavy (non-hydrogen) atoms. The van der Waals surface area contributed by atoms with Crippen LogP contribution in [0.5, 0.6) is 0 Å². The third kappa shape index (κ3) is 2.47. The molecule has 2 rings (SSSR count). The van der Waals surface area contributed by atoms with Gasteiger partial charge in [0.1, 0.15) is 5.82 Å². The fourth-order valence-electron chi connectivity index (χ4n) is 1.54. The number of nitrogen functional groups attached to an aromatic ring is 1. The van der Waals surface area contributed by atoms with Gasteiger partial charge in [0, 0.05) is 21.8 Å². The molecule has 0 unspecified atom stereocenters. The van der Waals surface area contributed by atoms with Crippen LogP contribution in [0.4, 0.5) is 10.1 Å². The molecule has 92 valence electrons. The van der Waals surface area contributed by atoms with Gasteiger partial charge in [-0.3, -0.25) is 4.79 Å². The molecule has 2 aromatic carbocycles. The molecule has 0 heterocycles. The van der Waals surface area contributed by atoms with Crippen molar-refractivity contribution < 1.29 is 9.18 Å². The van der Waals surface area contributed by atoms with Gasteiger partial charge in [0.2, 0.25) is 0 Å². The second-order valence-corrected chi connectivity index (χ2v) is 4.53. The molecule has 0 aliphatic rings. The van der Waals surface area contributed by atoms with E-state index in [9.17, 15) is 9.18 Å². The molecule has 0 aromatic heterocycles. The van der Waals surface area contributed by atoms with Crippen molar-refractivity contribution in [3.8, 4) is 0 Å². The molecule has 0 aliphatic carbocycles. The number of hydrogen-bond acceptors (Lipinski definition) is 2. The largest absolute Gasteiger partial charge is 0.398 e. The number of benzene rings is 2. The Bertz CT molecular complexity index is 575. The van der Waals surface area contributed by atoms with E-state index in [2.05, 4.69) is 0 Å². The average Bonchev–Trinajstić information content (AvgIpc) is 2.34. The lowest BCUT2D eigenvalue weighted by molar-refractivity contribution is 0.103. The van der Waals surface area contributed by atoms with Crippen LogP contribution in [0.3, 0.4) is 0 Å². The minimum Gasteiger partial charge on any atom is -0.398 e. The first kappa shape index (κ1) is 12.9. The summed E-state index contributed by atoms with van der Waals surface area (Å²) in [5, 5.41) is 0.616. The summed E-state index contributed by atoms with van der Waals surface area (Å²) in [4.78, 5) is 12.2. The van der Waals surface area contributed by atoms with E-state index in [0.29, 0.717) is 5.02 Å². The van der Waals surface area contributed by atoms with E-state index in [1.54, 1.807) is 6.07 Å². The Kier molecular flexibility index (Phi) is 3.55. The van der Waals surface area contributed by atoms with Crippen LogP contribution < -0.4 is 5.73 Å². The van der Waals surface area contributed by atoms with E-state index in [1.165, 1.54) is 24.3 Å². The van der Waals surface area contributed by atoms with Gasteiger partial charge in [0.15, 0.2) is 5.78 Å². The molecule has 2 aromatic rings. The van der Waals surface area contributed by atoms with Crippen LogP contribution in [0.1, 0.15) is 15.9 Å². The molecular weight excluding hydrogens is 276 g/mol. The van der Waals surface area contributed by atoms with Gasteiger partial charge in [-0.1, -0.05) is 23.2 Å². The van der Waals surface area contributed by atoms with E-state index >= 15 is 0 Å². The van der Waals surface area contributed by atoms with Gasteiger partial charge in [0.05, 0.1) is 5.02 Å². The second-order valence-electron chi connectivity index (χ2n) is 3.68. The topological polar surface area (TPSA) is 43.1 Å². The normalized spacial score (nSPS) is 10.4. The quantitative estimate of drug-likeness (QED) is 0.670. The number of nitrogens with two attached hydrogens (primary N) is 1. The number of rotatable bonds is 2. The Hall–Kier alpha value is -1.58. The van der Waals surface area contributed by atoms with Crippen LogP contribution in [-0.2, 0) is 0 Å². The standard InChI is InChI=1S/C13H8Cl2FNO/c14-7-1-3-11(15)9(5-7)13(18)10-6-8(16)2-4-12(10)17/h1-6H,17H2. The number of ketones is 1. The number of carbonyl (C=O) groups is 1. The number of anilines is 1. The minimum atomic E-state index is -0.536. The van der Waals surface area contributed by atoms with Crippen LogP contribution in [0.2, 0.25) is 10.0 Å². The van der Waals surface area contributed by atoms with E-state index in [0.717, 1.165) is 6.07 Å². The summed E-state index contributed by atoms with van der Waals surface area (Å²) in [5.74, 6) is -0.995. The van der Waals surface area contributed by atoms with Crippen molar-refractivity contribution >= 4 is 34.7 Å². The number of carbonyl (C=O) groups excluding carboxylic acids is 1. The van der Waals surface area contributed by atoms with Crippen LogP contribution in [0, 0.1) is 5.82 Å². The Balaban J connectivity index is 2.54. The molecule has 0 radical (unpaired) electrons. The number of halogens is 3. The van der Waals surface area contributed by atoms with Gasteiger partial charge in [-0.05, 0) is 36.4 Å². The third-order valence-electron chi connectivity index (χ3n) is 2.43. The first-order valence-electron chi connectivity index (χ1n) is 5.04. The maximum Gasteiger partial charge on any atom is 0.196 e. The van der Waals surface area contributed by atoms with Gasteiger partial charge in [-0.15, -0.1) is 0 Å². The first-order chi connectivity index (χ1) is 8.49. The lowest BCUT2D eigenvalue weighted by Crippen LogP contribution is -2.06. The van der Waals surface area contributed by atoms with Crippen molar-refractivity contribution in [2.24, 2.45) is 0 Å². The SMILES string of the molecule is Nc1ccc(F)cc1C(=O)c1cc(Cl)ccc1Cl. The number of hydrogen-bond donors (Lipinski definition) is 1. The lowest BCUT2D eigenvalue weighted by atomic mass is 10.0. The smallest absolute Gasteiger partial charge is 0.196 e. The Morgan fingerprint density at radius 1 is 1.06 bits per heavy atom. The average molecular weight is 284 g/mol. The molecule has 5 heteroatoms. The van der Waals surface area contributed by atoms with Crippen LogP contribution in [-0.4, -0.2) is 5.78 Å². The van der Waals surface area contributed by atoms with E-state index in [-0.39, 0.29) is 21.8 Å². The molecule has 0 fully saturated rings. The summed E-state index contributed by atoms with van der Waals surface area (Å²) in [6.07, 6.45) is 0. The van der Waals surface area contributed by atoms with E-state index in [1.807, 2.05) is 0 Å². The molecule has 0 saturated heterocycles. The molecule has 0 amide bonds. The summed E-state index contributed by atoms with van der Waals surface area (Å²) < 4.78 is 13.1. The second kappa shape index (κ2) is 4.96. The fraction of sp³-hybridized carbons (Fsp3) is 0. The van der Waals surface area contributed by atoms with Crippen molar-refractivity contribution in [2.45, 2.75) is 0 Å². The zero-order chi connectivity index (χ0) is 13.3. The maximum absolute atomic E-state index is 13.1. The first-order valence-corrected chi connectivity index (χ1v) is 5.79. The van der Waals surface area contributed by atoms with Gasteiger partial charge in [-0.25, -0.2) is 4.39 Å². The van der Waals surface area contributed by atoms with E-state index < -0.39 is 11.6 Å². The molecule has 0 spiro atoms. The highest BCUT2D eigenvalue weighted by Crippen LogP contribution is 2.25. The van der Waals surface area contributed by atoms with Crippen LogP contribution in [0.25, 0.3) is 0 Å². The monoisotopic (exact) mass is 283 g/mol. The predicted molar refractivity (Wildman–Crippen MR) is 70.7 cm³/mol. The molecule has 0 atom stereocenters. The summed E-state index contributed by atoms with van der Waals surface area (Å²) in [6.45, 7) is 0. The molecule has 0 saturated carbocycles. The maximum atomic E-state index is 13.1. The fourth-order valence-corrected chi connectivity index (χ4v) is 1.92. The Morgan fingerprint density at radius 2 is 1.78 bits per heavy atom. The Morgan fingerprint density at radius 3 is 2.50 bits per heavy atom. The molecule has 2 nitrogen and oxygen atoms in total. The van der Waals surface area contributed by atoms with Crippen LogP contribution >= 0.6 is 23.2 Å². The molecular formula is C13H8Cl2FNO. The lowest BCUT2D eigenvalue weighted by Gasteiger charge is -2.07. The molecule has 0 aliphatic heterocycles. The van der Waals surface area contributed by atoms with Crippen molar-refractivity contribution in [2.75, 3.05) is 5.73 Å². The summed E-state index contributed by atoms with van der Waals surface area (Å²) in [5.41, 5.74) is 6.11. The molecule has 2 N–H and O–H groups in total. The van der Waals surface area contributed by atoms with Crippen molar-refractivity contribution in [1.29, 1.82) is 0 Å². The van der Waals surface area contributed by atoms with Crippen molar-refractivity contribution in [3.05, 3.63) is 63.4 Å². The molecule has 0 bridgehead atoms. The Labute approximate surface area is 113 Å². The highest BCUT2D eigenvalue weighted by molar-refractivity contribution is 6.37. The van der Waals surface area contributed by atoms with Gasteiger partial charge in [-0.2, -0.15) is 0 Å². The van der Waals surface area contributed by atoms with Crippen LogP contribution in [0.15, 0.2) is 36.4 Å². The minimum absolute atomic E-state index is 0.0687. The van der Waals surface area contributed by atoms with Crippen molar-refractivity contribution in [3.63, 3.8) is 0 Å². The predicted octanol–water partition coefficient (Wildman–Crippen LogP) is 3.95. The van der Waals surface area contributed by atoms with E-state index in [4.69, 9.17) is 28.9 Å². The summed E-state index contributed by atoms with van der Waals surface area (Å²) in [7, 11) is 0. The van der Waals surface area contributed by atoms with Gasteiger partial charge in [0.25, 0.3) is 0 Å². The third-order valence-corrected chi connectivity index (χ3v) is 3.00.